The van der Waals surface area contributed by atoms with Crippen LogP contribution in [0.5, 0.6) is 11.5 Å². The Morgan fingerprint density at radius 2 is 1.92 bits per heavy atom. The van der Waals surface area contributed by atoms with Crippen LogP contribution < -0.4 is 14.9 Å². The number of fused-ring (bicyclic) bond motifs is 1. The summed E-state index contributed by atoms with van der Waals surface area (Å²) in [4.78, 5) is 0. The summed E-state index contributed by atoms with van der Waals surface area (Å²) < 4.78 is 62.4. The summed E-state index contributed by atoms with van der Waals surface area (Å²) in [6.07, 6.45) is 1.74. The zero-order valence-corrected chi connectivity index (χ0v) is 21.5. The summed E-state index contributed by atoms with van der Waals surface area (Å²) in [6, 6.07) is 11.5. The van der Waals surface area contributed by atoms with E-state index in [1.165, 1.54) is 25.1 Å². The fourth-order valence-electron chi connectivity index (χ4n) is 3.85. The molecule has 0 bridgehead atoms. The van der Waals surface area contributed by atoms with Crippen LogP contribution in [0.1, 0.15) is 19.7 Å². The summed E-state index contributed by atoms with van der Waals surface area (Å²) in [5, 5.41) is 19.5. The first kappa shape index (κ1) is 25.4. The van der Waals surface area contributed by atoms with Crippen molar-refractivity contribution in [2.75, 3.05) is 22.4 Å². The van der Waals surface area contributed by atoms with Crippen molar-refractivity contribution in [2.45, 2.75) is 26.3 Å². The van der Waals surface area contributed by atoms with Gasteiger partial charge < -0.3 is 10.2 Å². The van der Waals surface area contributed by atoms with Crippen molar-refractivity contribution >= 4 is 27.0 Å². The molecule has 1 saturated heterocycles. The first-order valence-electron chi connectivity index (χ1n) is 11.6. The van der Waals surface area contributed by atoms with Crippen LogP contribution in [0.2, 0.25) is 0 Å². The van der Waals surface area contributed by atoms with Crippen molar-refractivity contribution in [3.05, 3.63) is 66.1 Å². The van der Waals surface area contributed by atoms with Crippen LogP contribution in [-0.2, 0) is 10.0 Å². The van der Waals surface area contributed by atoms with Crippen molar-refractivity contribution < 1.29 is 21.9 Å². The lowest BCUT2D eigenvalue weighted by molar-refractivity contribution is 0.439. The maximum atomic E-state index is 14.4. The molecule has 0 amide bonds. The van der Waals surface area contributed by atoms with Crippen LogP contribution in [0.25, 0.3) is 16.8 Å². The fourth-order valence-corrected chi connectivity index (χ4v) is 4.48. The Morgan fingerprint density at radius 1 is 1.16 bits per heavy atom. The van der Waals surface area contributed by atoms with Gasteiger partial charge in [0.15, 0.2) is 17.2 Å². The first-order chi connectivity index (χ1) is 18.0. The maximum Gasteiger partial charge on any atom is 0.232 e. The number of aryl methyl sites for hydroxylation is 1. The number of nitrogens with zero attached hydrogens (tertiary/aromatic N) is 5. The van der Waals surface area contributed by atoms with Gasteiger partial charge in [-0.05, 0) is 57.2 Å². The quantitative estimate of drug-likeness (QED) is 0.315. The van der Waals surface area contributed by atoms with E-state index in [1.54, 1.807) is 41.6 Å². The predicted molar refractivity (Wildman–Crippen MR) is 137 cm³/mol. The fraction of sp³-hybridized carbons (Fsp3) is 0.240. The van der Waals surface area contributed by atoms with E-state index < -0.39 is 27.2 Å². The van der Waals surface area contributed by atoms with E-state index in [2.05, 4.69) is 26.4 Å². The molecule has 13 heteroatoms. The molecular weight excluding hydrogens is 516 g/mol. The number of benzene rings is 2. The minimum Gasteiger partial charge on any atom is -0.454 e. The number of nitriles is 1. The lowest BCUT2D eigenvalue weighted by Gasteiger charge is -2.17. The third kappa shape index (κ3) is 4.83. The Kier molecular flexibility index (Phi) is 6.16. The summed E-state index contributed by atoms with van der Waals surface area (Å²) >= 11 is 0. The third-order valence-electron chi connectivity index (χ3n) is 6.19. The number of sulfonamides is 1. The lowest BCUT2D eigenvalue weighted by Crippen LogP contribution is -2.18. The number of halogens is 2. The van der Waals surface area contributed by atoms with Crippen LogP contribution in [0.15, 0.2) is 48.7 Å². The average molecular weight is 540 g/mol. The average Bonchev–Trinajstić information content (AvgIpc) is 3.37. The number of ether oxygens (including phenoxy) is 1. The Hall–Kier alpha value is -4.28. The molecule has 1 fully saturated rings. The van der Waals surface area contributed by atoms with Gasteiger partial charge in [0.2, 0.25) is 10.0 Å². The number of nitrogens with one attached hydrogen (secondary N) is 2. The number of rotatable bonds is 8. The topological polar surface area (TPSA) is 124 Å². The number of aromatic nitrogens is 3. The molecule has 38 heavy (non-hydrogen) atoms. The second-order valence-electron chi connectivity index (χ2n) is 9.06. The molecule has 1 aliphatic rings. The molecule has 2 aromatic heterocycles. The van der Waals surface area contributed by atoms with Gasteiger partial charge in [-0.1, -0.05) is 0 Å². The highest BCUT2D eigenvalue weighted by molar-refractivity contribution is 7.92. The normalized spacial score (nSPS) is 18.7. The van der Waals surface area contributed by atoms with Gasteiger partial charge in [-0.3, -0.25) is 9.12 Å². The van der Waals surface area contributed by atoms with Crippen LogP contribution in [0, 0.1) is 29.9 Å². The SMILES string of the molecule is CCS(=O)(=O)Nc1ccc(Oc2ccc(F)cc2F)c(-c2cc(NN3CC3(C)C#N)c3nnc(C)n3c2)c1. The van der Waals surface area contributed by atoms with Gasteiger partial charge in [0.1, 0.15) is 22.9 Å². The zero-order valence-electron chi connectivity index (χ0n) is 20.7. The summed E-state index contributed by atoms with van der Waals surface area (Å²) in [7, 11) is -3.59. The molecule has 2 N–H and O–H groups in total. The van der Waals surface area contributed by atoms with Crippen molar-refractivity contribution in [1.29, 1.82) is 5.26 Å². The molecular formula is C25H23F2N7O3S. The van der Waals surface area contributed by atoms with Gasteiger partial charge in [0.05, 0.1) is 24.1 Å². The van der Waals surface area contributed by atoms with Crippen molar-refractivity contribution in [1.82, 2.24) is 19.6 Å². The predicted octanol–water partition coefficient (Wildman–Crippen LogP) is 4.46. The maximum absolute atomic E-state index is 14.4. The van der Waals surface area contributed by atoms with E-state index in [0.717, 1.165) is 6.07 Å². The first-order valence-corrected chi connectivity index (χ1v) is 13.3. The van der Waals surface area contributed by atoms with Crippen molar-refractivity contribution in [3.8, 4) is 28.7 Å². The standard InChI is InChI=1S/C25H23F2N7O3S/c1-4-38(35,36)32-18-6-8-22(37-23-7-5-17(26)10-20(23)27)19(11-18)16-9-21(31-34-14-25(34,3)13-28)24-30-29-15(2)33(24)12-16/h5-12,31-32H,4,14H2,1-3H3. The largest absolute Gasteiger partial charge is 0.454 e. The molecule has 10 nitrogen and oxygen atoms in total. The van der Waals surface area contributed by atoms with Gasteiger partial charge >= 0.3 is 0 Å². The molecule has 2 aromatic carbocycles. The second-order valence-corrected chi connectivity index (χ2v) is 11.1. The summed E-state index contributed by atoms with van der Waals surface area (Å²) in [5.41, 5.74) is 4.82. The summed E-state index contributed by atoms with van der Waals surface area (Å²) in [5.74, 6) is -1.20. The number of hydrazine groups is 1. The molecule has 3 heterocycles. The van der Waals surface area contributed by atoms with E-state index in [-0.39, 0.29) is 22.9 Å². The molecule has 4 aromatic rings. The number of hydrogen-bond acceptors (Lipinski definition) is 8. The van der Waals surface area contributed by atoms with Gasteiger partial charge in [-0.15, -0.1) is 10.2 Å². The highest BCUT2D eigenvalue weighted by Crippen LogP contribution is 2.39. The third-order valence-corrected chi connectivity index (χ3v) is 7.49. The molecule has 1 aliphatic heterocycles. The smallest absolute Gasteiger partial charge is 0.232 e. The van der Waals surface area contributed by atoms with Crippen LogP contribution in [-0.4, -0.2) is 45.9 Å². The van der Waals surface area contributed by atoms with Gasteiger partial charge in [-0.25, -0.2) is 17.2 Å². The molecule has 2 atom stereocenters. The van der Waals surface area contributed by atoms with E-state index in [1.807, 2.05) is 0 Å². The Labute approximate surface area is 217 Å². The lowest BCUT2D eigenvalue weighted by atomic mass is 10.0. The highest BCUT2D eigenvalue weighted by Gasteiger charge is 2.49. The second kappa shape index (κ2) is 9.23. The molecule has 0 radical (unpaired) electrons. The molecule has 0 spiro atoms. The van der Waals surface area contributed by atoms with E-state index in [0.29, 0.717) is 40.9 Å². The van der Waals surface area contributed by atoms with Gasteiger partial charge in [0, 0.05) is 29.1 Å². The molecule has 196 valence electrons. The molecule has 5 rings (SSSR count). The van der Waals surface area contributed by atoms with Crippen molar-refractivity contribution in [3.63, 3.8) is 0 Å². The zero-order chi connectivity index (χ0) is 27.2. The van der Waals surface area contributed by atoms with Crippen LogP contribution in [0.3, 0.4) is 0 Å². The van der Waals surface area contributed by atoms with E-state index in [4.69, 9.17) is 4.74 Å². The number of anilines is 2. The summed E-state index contributed by atoms with van der Waals surface area (Å²) in [6.45, 7) is 5.57. The minimum atomic E-state index is -3.59. The highest BCUT2D eigenvalue weighted by atomic mass is 32.2. The van der Waals surface area contributed by atoms with Gasteiger partial charge in [0.25, 0.3) is 0 Å². The monoisotopic (exact) mass is 539 g/mol. The number of hydrogen-bond donors (Lipinski definition) is 2. The van der Waals surface area contributed by atoms with E-state index in [9.17, 15) is 22.5 Å². The van der Waals surface area contributed by atoms with Crippen LogP contribution in [0.4, 0.5) is 20.2 Å². The van der Waals surface area contributed by atoms with Crippen molar-refractivity contribution in [2.24, 2.45) is 0 Å². The minimum absolute atomic E-state index is 0.130. The Balaban J connectivity index is 1.65. The Morgan fingerprint density at radius 3 is 2.61 bits per heavy atom. The molecule has 2 unspecified atom stereocenters. The Bertz CT molecular complexity index is 1720. The molecule has 0 aliphatic carbocycles. The number of pyridine rings is 1. The van der Waals surface area contributed by atoms with E-state index >= 15 is 0 Å². The van der Waals surface area contributed by atoms with Gasteiger partial charge in [-0.2, -0.15) is 10.3 Å². The molecule has 0 saturated carbocycles. The van der Waals surface area contributed by atoms with Crippen LogP contribution >= 0.6 is 0 Å².